The van der Waals surface area contributed by atoms with Crippen molar-refractivity contribution in [3.05, 3.63) is 54.1 Å². The zero-order valence-corrected chi connectivity index (χ0v) is 13.1. The summed E-state index contributed by atoms with van der Waals surface area (Å²) in [5.41, 5.74) is -5.37. The van der Waals surface area contributed by atoms with Gasteiger partial charge >= 0.3 is 5.51 Å². The molecule has 9 heteroatoms. The van der Waals surface area contributed by atoms with Gasteiger partial charge in [0.1, 0.15) is 5.75 Å². The highest BCUT2D eigenvalue weighted by atomic mass is 32.2. The molecule has 0 spiro atoms. The van der Waals surface area contributed by atoms with E-state index in [-0.39, 0.29) is 17.0 Å². The molecule has 0 saturated carbocycles. The van der Waals surface area contributed by atoms with Crippen LogP contribution in [0.2, 0.25) is 0 Å². The first-order valence-electron chi connectivity index (χ1n) is 6.52. The minimum atomic E-state index is -5.53. The molecule has 0 aliphatic carbocycles. The lowest BCUT2D eigenvalue weighted by Gasteiger charge is -2.13. The summed E-state index contributed by atoms with van der Waals surface area (Å²) in [4.78, 5) is 11.1. The number of carbonyl (C=O) groups is 1. The van der Waals surface area contributed by atoms with Crippen LogP contribution in [0.5, 0.6) is 5.75 Å². The smallest absolute Gasteiger partial charge is 0.495 e. The summed E-state index contributed by atoms with van der Waals surface area (Å²) in [6.45, 7) is 0. The van der Waals surface area contributed by atoms with Crippen LogP contribution in [-0.2, 0) is 9.84 Å². The number of carbonyl (C=O) groups excluding carboxylic acids is 1. The fraction of sp³-hybridized carbons (Fsp3) is 0.133. The van der Waals surface area contributed by atoms with Gasteiger partial charge in [-0.15, -0.1) is 0 Å². The van der Waals surface area contributed by atoms with Crippen LogP contribution >= 0.6 is 0 Å². The molecule has 2 aromatic rings. The standard InChI is InChI=1S/C15H12F3NO4S/c1-23-13-8-7-11(24(21,22)15(16,17)18)9-12(13)19-14(20)10-5-3-2-4-6-10/h2-9H,1H3,(H,19,20). The van der Waals surface area contributed by atoms with Gasteiger partial charge in [-0.2, -0.15) is 13.2 Å². The molecule has 1 N–H and O–H groups in total. The van der Waals surface area contributed by atoms with Crippen LogP contribution in [0.25, 0.3) is 0 Å². The maximum atomic E-state index is 12.7. The van der Waals surface area contributed by atoms with E-state index < -0.39 is 26.1 Å². The van der Waals surface area contributed by atoms with E-state index in [1.54, 1.807) is 18.2 Å². The van der Waals surface area contributed by atoms with Gasteiger partial charge in [0.2, 0.25) is 0 Å². The van der Waals surface area contributed by atoms with Crippen molar-refractivity contribution >= 4 is 21.4 Å². The Kier molecular flexibility index (Phi) is 4.83. The molecule has 128 valence electrons. The highest BCUT2D eigenvalue weighted by Gasteiger charge is 2.47. The third kappa shape index (κ3) is 3.51. The quantitative estimate of drug-likeness (QED) is 0.910. The monoisotopic (exact) mass is 359 g/mol. The Bertz CT molecular complexity index is 849. The van der Waals surface area contributed by atoms with E-state index in [1.165, 1.54) is 19.2 Å². The van der Waals surface area contributed by atoms with E-state index in [2.05, 4.69) is 5.32 Å². The van der Waals surface area contributed by atoms with Crippen LogP contribution in [0.1, 0.15) is 10.4 Å². The second-order valence-corrected chi connectivity index (χ2v) is 6.57. The number of benzene rings is 2. The van der Waals surface area contributed by atoms with E-state index in [0.717, 1.165) is 12.1 Å². The van der Waals surface area contributed by atoms with Crippen molar-refractivity contribution in [3.63, 3.8) is 0 Å². The largest absolute Gasteiger partial charge is 0.501 e. The van der Waals surface area contributed by atoms with Crippen LogP contribution in [0.3, 0.4) is 0 Å². The normalized spacial score (nSPS) is 11.8. The number of ether oxygens (including phenoxy) is 1. The van der Waals surface area contributed by atoms with Gasteiger partial charge in [-0.25, -0.2) is 8.42 Å². The molecule has 5 nitrogen and oxygen atoms in total. The fourth-order valence-corrected chi connectivity index (χ4v) is 2.66. The number of rotatable bonds is 4. The number of amides is 1. The highest BCUT2D eigenvalue weighted by Crippen LogP contribution is 2.34. The van der Waals surface area contributed by atoms with Crippen molar-refractivity contribution in [2.24, 2.45) is 0 Å². The van der Waals surface area contributed by atoms with Crippen molar-refractivity contribution in [2.45, 2.75) is 10.4 Å². The maximum Gasteiger partial charge on any atom is 0.501 e. The van der Waals surface area contributed by atoms with Crippen LogP contribution in [-0.4, -0.2) is 26.9 Å². The molecule has 0 aliphatic heterocycles. The first-order valence-corrected chi connectivity index (χ1v) is 8.01. The van der Waals surface area contributed by atoms with Gasteiger partial charge in [-0.1, -0.05) is 18.2 Å². The molecular weight excluding hydrogens is 347 g/mol. The van der Waals surface area contributed by atoms with Crippen molar-refractivity contribution in [1.82, 2.24) is 0 Å². The average Bonchev–Trinajstić information content (AvgIpc) is 2.54. The van der Waals surface area contributed by atoms with Crippen molar-refractivity contribution < 1.29 is 31.1 Å². The van der Waals surface area contributed by atoms with Crippen LogP contribution < -0.4 is 10.1 Å². The van der Waals surface area contributed by atoms with Gasteiger partial charge in [-0.3, -0.25) is 4.79 Å². The number of hydrogen-bond acceptors (Lipinski definition) is 4. The van der Waals surface area contributed by atoms with E-state index in [0.29, 0.717) is 6.07 Å². The molecule has 2 aromatic carbocycles. The molecule has 0 unspecified atom stereocenters. The van der Waals surface area contributed by atoms with Crippen molar-refractivity contribution in [3.8, 4) is 5.75 Å². The Balaban J connectivity index is 2.43. The summed E-state index contributed by atoms with van der Waals surface area (Å²) < 4.78 is 65.9. The Morgan fingerprint density at radius 2 is 1.71 bits per heavy atom. The Morgan fingerprint density at radius 1 is 1.08 bits per heavy atom. The predicted molar refractivity (Wildman–Crippen MR) is 80.6 cm³/mol. The van der Waals surface area contributed by atoms with Gasteiger partial charge in [0.15, 0.2) is 0 Å². The first kappa shape index (κ1) is 17.8. The molecule has 0 saturated heterocycles. The first-order chi connectivity index (χ1) is 11.2. The third-order valence-corrected chi connectivity index (χ3v) is 4.55. The number of sulfone groups is 1. The lowest BCUT2D eigenvalue weighted by molar-refractivity contribution is -0.0436. The number of anilines is 1. The number of methoxy groups -OCH3 is 1. The van der Waals surface area contributed by atoms with Gasteiger partial charge in [0, 0.05) is 5.56 Å². The highest BCUT2D eigenvalue weighted by molar-refractivity contribution is 7.92. The van der Waals surface area contributed by atoms with Crippen molar-refractivity contribution in [2.75, 3.05) is 12.4 Å². The molecule has 2 rings (SSSR count). The molecule has 0 bridgehead atoms. The average molecular weight is 359 g/mol. The third-order valence-electron chi connectivity index (χ3n) is 3.07. The maximum absolute atomic E-state index is 12.7. The van der Waals surface area contributed by atoms with E-state index in [9.17, 15) is 26.4 Å². The number of halogens is 3. The summed E-state index contributed by atoms with van der Waals surface area (Å²) in [6.07, 6.45) is 0. The van der Waals surface area contributed by atoms with E-state index >= 15 is 0 Å². The second kappa shape index (κ2) is 6.52. The Labute approximate surface area is 136 Å². The molecule has 0 radical (unpaired) electrons. The lowest BCUT2D eigenvalue weighted by Crippen LogP contribution is -2.23. The van der Waals surface area contributed by atoms with Crippen LogP contribution in [0.4, 0.5) is 18.9 Å². The number of hydrogen-bond donors (Lipinski definition) is 1. The minimum Gasteiger partial charge on any atom is -0.495 e. The molecular formula is C15H12F3NO4S. The molecule has 0 aliphatic rings. The van der Waals surface area contributed by atoms with E-state index in [1.807, 2.05) is 0 Å². The zero-order valence-electron chi connectivity index (χ0n) is 12.3. The Hall–Kier alpha value is -2.55. The predicted octanol–water partition coefficient (Wildman–Crippen LogP) is 3.24. The molecule has 0 aromatic heterocycles. The summed E-state index contributed by atoms with van der Waals surface area (Å²) in [5, 5.41) is 2.35. The molecule has 24 heavy (non-hydrogen) atoms. The molecule has 0 heterocycles. The molecule has 0 atom stereocenters. The zero-order chi connectivity index (χ0) is 18.0. The van der Waals surface area contributed by atoms with Crippen molar-refractivity contribution in [1.29, 1.82) is 0 Å². The topological polar surface area (TPSA) is 72.5 Å². The lowest BCUT2D eigenvalue weighted by atomic mass is 10.2. The SMILES string of the molecule is COc1ccc(S(=O)(=O)C(F)(F)F)cc1NC(=O)c1ccccc1. The molecule has 0 fully saturated rings. The number of nitrogens with one attached hydrogen (secondary N) is 1. The van der Waals surface area contributed by atoms with Gasteiger partial charge in [0.25, 0.3) is 15.7 Å². The number of alkyl halides is 3. The Morgan fingerprint density at radius 3 is 2.25 bits per heavy atom. The minimum absolute atomic E-state index is 0.0282. The van der Waals surface area contributed by atoms with Gasteiger partial charge in [0.05, 0.1) is 17.7 Å². The molecule has 1 amide bonds. The summed E-state index contributed by atoms with van der Waals surface area (Å²) >= 11 is 0. The second-order valence-electron chi connectivity index (χ2n) is 4.63. The summed E-state index contributed by atoms with van der Waals surface area (Å²) in [7, 11) is -4.29. The van der Waals surface area contributed by atoms with Gasteiger partial charge in [-0.05, 0) is 30.3 Å². The summed E-state index contributed by atoms with van der Waals surface area (Å²) in [5.74, 6) is -0.587. The van der Waals surface area contributed by atoms with E-state index in [4.69, 9.17) is 4.74 Å². The van der Waals surface area contributed by atoms with Crippen LogP contribution in [0.15, 0.2) is 53.4 Å². The van der Waals surface area contributed by atoms with Gasteiger partial charge < -0.3 is 10.1 Å². The fourth-order valence-electron chi connectivity index (χ4n) is 1.87. The van der Waals surface area contributed by atoms with Crippen LogP contribution in [0, 0.1) is 0 Å². The summed E-state index contributed by atoms with van der Waals surface area (Å²) in [6, 6.07) is 10.4.